The SMILES string of the molecule is CC(C)NC(=O)N1CCC(c2cccc(F)c2)C1. The zero-order valence-corrected chi connectivity index (χ0v) is 10.8. The normalized spacial score (nSPS) is 19.3. The van der Waals surface area contributed by atoms with Gasteiger partial charge >= 0.3 is 6.03 Å². The van der Waals surface area contributed by atoms with Gasteiger partial charge < -0.3 is 10.2 Å². The van der Waals surface area contributed by atoms with Crippen LogP contribution in [0.3, 0.4) is 0 Å². The summed E-state index contributed by atoms with van der Waals surface area (Å²) < 4.78 is 13.2. The maximum Gasteiger partial charge on any atom is 0.317 e. The van der Waals surface area contributed by atoms with E-state index in [1.54, 1.807) is 17.0 Å². The summed E-state index contributed by atoms with van der Waals surface area (Å²) >= 11 is 0. The fourth-order valence-electron chi connectivity index (χ4n) is 2.32. The molecule has 2 amide bonds. The molecule has 1 N–H and O–H groups in total. The number of rotatable bonds is 2. The van der Waals surface area contributed by atoms with Gasteiger partial charge in [-0.3, -0.25) is 0 Å². The standard InChI is InChI=1S/C14H19FN2O/c1-10(2)16-14(18)17-7-6-12(9-17)11-4-3-5-13(15)8-11/h3-5,8,10,12H,6-7,9H2,1-2H3,(H,16,18). The third-order valence-electron chi connectivity index (χ3n) is 3.21. The molecule has 0 aromatic heterocycles. The van der Waals surface area contributed by atoms with E-state index in [0.29, 0.717) is 6.54 Å². The van der Waals surface area contributed by atoms with E-state index in [-0.39, 0.29) is 23.8 Å². The van der Waals surface area contributed by atoms with Gasteiger partial charge in [-0.25, -0.2) is 9.18 Å². The van der Waals surface area contributed by atoms with Gasteiger partial charge in [0.2, 0.25) is 0 Å². The smallest absolute Gasteiger partial charge is 0.317 e. The highest BCUT2D eigenvalue weighted by atomic mass is 19.1. The molecule has 0 aliphatic carbocycles. The molecule has 0 radical (unpaired) electrons. The summed E-state index contributed by atoms with van der Waals surface area (Å²) in [6.45, 7) is 5.29. The first-order valence-corrected chi connectivity index (χ1v) is 6.37. The third kappa shape index (κ3) is 3.00. The van der Waals surface area contributed by atoms with Gasteiger partial charge in [0.15, 0.2) is 0 Å². The second kappa shape index (κ2) is 5.38. The lowest BCUT2D eigenvalue weighted by Gasteiger charge is -2.19. The summed E-state index contributed by atoms with van der Waals surface area (Å²) in [7, 11) is 0. The van der Waals surface area contributed by atoms with Gasteiger partial charge in [0.05, 0.1) is 0 Å². The fourth-order valence-corrected chi connectivity index (χ4v) is 2.32. The van der Waals surface area contributed by atoms with Crippen LogP contribution in [0.1, 0.15) is 31.7 Å². The predicted molar refractivity (Wildman–Crippen MR) is 69.0 cm³/mol. The third-order valence-corrected chi connectivity index (χ3v) is 3.21. The highest BCUT2D eigenvalue weighted by Crippen LogP contribution is 2.27. The molecule has 1 heterocycles. The molecular formula is C14H19FN2O. The summed E-state index contributed by atoms with van der Waals surface area (Å²) in [6, 6.07) is 6.78. The van der Waals surface area contributed by atoms with Gasteiger partial charge in [0, 0.05) is 25.0 Å². The fraction of sp³-hybridized carbons (Fsp3) is 0.500. The number of carbonyl (C=O) groups is 1. The van der Waals surface area contributed by atoms with Crippen molar-refractivity contribution in [2.75, 3.05) is 13.1 Å². The second-order valence-corrected chi connectivity index (χ2v) is 5.09. The summed E-state index contributed by atoms with van der Waals surface area (Å²) in [5.41, 5.74) is 0.981. The minimum atomic E-state index is -0.211. The van der Waals surface area contributed by atoms with Crippen molar-refractivity contribution < 1.29 is 9.18 Å². The van der Waals surface area contributed by atoms with E-state index in [1.165, 1.54) is 6.07 Å². The van der Waals surface area contributed by atoms with E-state index in [4.69, 9.17) is 0 Å². The lowest BCUT2D eigenvalue weighted by molar-refractivity contribution is 0.205. The quantitative estimate of drug-likeness (QED) is 0.860. The van der Waals surface area contributed by atoms with Crippen LogP contribution in [-0.4, -0.2) is 30.1 Å². The number of halogens is 1. The summed E-state index contributed by atoms with van der Waals surface area (Å²) in [5, 5.41) is 2.88. The summed E-state index contributed by atoms with van der Waals surface area (Å²) in [6.07, 6.45) is 0.898. The molecule has 0 bridgehead atoms. The molecule has 1 fully saturated rings. The monoisotopic (exact) mass is 250 g/mol. The van der Waals surface area contributed by atoms with E-state index in [9.17, 15) is 9.18 Å². The van der Waals surface area contributed by atoms with Crippen LogP contribution in [0.2, 0.25) is 0 Å². The molecule has 1 aliphatic heterocycles. The van der Waals surface area contributed by atoms with Crippen molar-refractivity contribution >= 4 is 6.03 Å². The summed E-state index contributed by atoms with van der Waals surface area (Å²) in [5.74, 6) is 0.0381. The van der Waals surface area contributed by atoms with E-state index >= 15 is 0 Å². The van der Waals surface area contributed by atoms with Gasteiger partial charge in [-0.2, -0.15) is 0 Å². The Hall–Kier alpha value is -1.58. The van der Waals surface area contributed by atoms with Gasteiger partial charge in [-0.15, -0.1) is 0 Å². The van der Waals surface area contributed by atoms with Crippen molar-refractivity contribution in [3.63, 3.8) is 0 Å². The number of amides is 2. The zero-order valence-electron chi connectivity index (χ0n) is 10.8. The Bertz CT molecular complexity index is 434. The molecule has 1 aromatic rings. The molecule has 0 spiro atoms. The van der Waals surface area contributed by atoms with Gasteiger partial charge in [-0.05, 0) is 38.0 Å². The van der Waals surface area contributed by atoms with Crippen molar-refractivity contribution in [2.24, 2.45) is 0 Å². The molecule has 2 rings (SSSR count). The van der Waals surface area contributed by atoms with Gasteiger partial charge in [0.25, 0.3) is 0 Å². The number of hydrogen-bond donors (Lipinski definition) is 1. The van der Waals surface area contributed by atoms with Crippen molar-refractivity contribution in [1.29, 1.82) is 0 Å². The van der Waals surface area contributed by atoms with Crippen LogP contribution in [0, 0.1) is 5.82 Å². The van der Waals surface area contributed by atoms with Crippen LogP contribution >= 0.6 is 0 Å². The Morgan fingerprint density at radius 2 is 2.28 bits per heavy atom. The number of nitrogens with one attached hydrogen (secondary N) is 1. The Kier molecular flexibility index (Phi) is 3.84. The highest BCUT2D eigenvalue weighted by Gasteiger charge is 2.27. The molecule has 1 atom stereocenters. The van der Waals surface area contributed by atoms with Crippen LogP contribution in [0.5, 0.6) is 0 Å². The summed E-state index contributed by atoms with van der Waals surface area (Å²) in [4.78, 5) is 13.6. The van der Waals surface area contributed by atoms with E-state index < -0.39 is 0 Å². The number of carbonyl (C=O) groups excluding carboxylic acids is 1. The first kappa shape index (κ1) is 12.9. The molecule has 1 aromatic carbocycles. The minimum absolute atomic E-state index is 0.0242. The number of hydrogen-bond acceptors (Lipinski definition) is 1. The number of nitrogens with zero attached hydrogens (tertiary/aromatic N) is 1. The van der Waals surface area contributed by atoms with Crippen LogP contribution in [-0.2, 0) is 0 Å². The lowest BCUT2D eigenvalue weighted by Crippen LogP contribution is -2.41. The molecule has 1 saturated heterocycles. The van der Waals surface area contributed by atoms with Crippen LogP contribution in [0.4, 0.5) is 9.18 Å². The zero-order chi connectivity index (χ0) is 13.1. The van der Waals surface area contributed by atoms with Crippen LogP contribution < -0.4 is 5.32 Å². The van der Waals surface area contributed by atoms with Gasteiger partial charge in [-0.1, -0.05) is 12.1 Å². The van der Waals surface area contributed by atoms with Crippen LogP contribution in [0.15, 0.2) is 24.3 Å². The Morgan fingerprint density at radius 1 is 1.50 bits per heavy atom. The number of benzene rings is 1. The highest BCUT2D eigenvalue weighted by molar-refractivity contribution is 5.74. The molecule has 1 unspecified atom stereocenters. The molecule has 0 saturated carbocycles. The Balaban J connectivity index is 1.98. The number of likely N-dealkylation sites (tertiary alicyclic amines) is 1. The lowest BCUT2D eigenvalue weighted by atomic mass is 9.98. The second-order valence-electron chi connectivity index (χ2n) is 5.09. The topological polar surface area (TPSA) is 32.3 Å². The Labute approximate surface area is 107 Å². The van der Waals surface area contributed by atoms with Gasteiger partial charge in [0.1, 0.15) is 5.82 Å². The average molecular weight is 250 g/mol. The van der Waals surface area contributed by atoms with E-state index in [2.05, 4.69) is 5.32 Å². The molecule has 1 aliphatic rings. The molecule has 3 nitrogen and oxygen atoms in total. The molecule has 4 heteroatoms. The van der Waals surface area contributed by atoms with Crippen molar-refractivity contribution in [3.05, 3.63) is 35.6 Å². The largest absolute Gasteiger partial charge is 0.336 e. The molecular weight excluding hydrogens is 231 g/mol. The predicted octanol–water partition coefficient (Wildman–Crippen LogP) is 2.73. The first-order chi connectivity index (χ1) is 8.56. The first-order valence-electron chi connectivity index (χ1n) is 6.37. The van der Waals surface area contributed by atoms with Crippen molar-refractivity contribution in [2.45, 2.75) is 32.2 Å². The van der Waals surface area contributed by atoms with Crippen molar-refractivity contribution in [1.82, 2.24) is 10.2 Å². The maximum atomic E-state index is 13.2. The molecule has 18 heavy (non-hydrogen) atoms. The van der Waals surface area contributed by atoms with E-state index in [1.807, 2.05) is 19.9 Å². The maximum absolute atomic E-state index is 13.2. The average Bonchev–Trinajstić information content (AvgIpc) is 2.77. The molecule has 98 valence electrons. The Morgan fingerprint density at radius 3 is 2.94 bits per heavy atom. The van der Waals surface area contributed by atoms with Crippen molar-refractivity contribution in [3.8, 4) is 0 Å². The minimum Gasteiger partial charge on any atom is -0.336 e. The van der Waals surface area contributed by atoms with Crippen LogP contribution in [0.25, 0.3) is 0 Å². The van der Waals surface area contributed by atoms with E-state index in [0.717, 1.165) is 18.5 Å². The number of urea groups is 1.